The van der Waals surface area contributed by atoms with Crippen molar-refractivity contribution < 1.29 is 33.0 Å². The number of hydrogen-bond acceptors (Lipinski definition) is 7. The Morgan fingerprint density at radius 3 is 2.34 bits per heavy atom. The highest BCUT2D eigenvalue weighted by Crippen LogP contribution is 2.30. The number of anilines is 1. The van der Waals surface area contributed by atoms with Gasteiger partial charge in [0.15, 0.2) is 23.9 Å². The van der Waals surface area contributed by atoms with Crippen molar-refractivity contribution in [3.8, 4) is 11.5 Å². The first-order chi connectivity index (χ1) is 17.0. The molecule has 184 valence electrons. The Labute approximate surface area is 203 Å². The van der Waals surface area contributed by atoms with Gasteiger partial charge in [0.1, 0.15) is 6.04 Å². The molecule has 3 rings (SSSR count). The van der Waals surface area contributed by atoms with Crippen LogP contribution in [0.4, 0.5) is 5.69 Å². The number of carbonyl (C=O) groups excluding carboxylic acids is 3. The van der Waals surface area contributed by atoms with Gasteiger partial charge in [-0.1, -0.05) is 30.3 Å². The summed E-state index contributed by atoms with van der Waals surface area (Å²) in [6.45, 7) is 4.08. The van der Waals surface area contributed by atoms with Crippen LogP contribution in [0, 0.1) is 0 Å². The van der Waals surface area contributed by atoms with Gasteiger partial charge in [-0.05, 0) is 43.7 Å². The molecule has 1 atom stereocenters. The summed E-state index contributed by atoms with van der Waals surface area (Å²) in [5.74, 6) is -0.724. The number of benzene rings is 2. The molecule has 9 nitrogen and oxygen atoms in total. The van der Waals surface area contributed by atoms with Gasteiger partial charge in [-0.2, -0.15) is 0 Å². The second-order valence-electron chi connectivity index (χ2n) is 7.38. The molecular weight excluding hydrogens is 452 g/mol. The second-order valence-corrected chi connectivity index (χ2v) is 7.38. The maximum atomic E-state index is 12.8. The predicted molar refractivity (Wildman–Crippen MR) is 128 cm³/mol. The lowest BCUT2D eigenvalue weighted by Gasteiger charge is -2.17. The maximum absolute atomic E-state index is 12.8. The molecule has 2 amide bonds. The molecule has 0 spiro atoms. The number of rotatable bonds is 12. The van der Waals surface area contributed by atoms with E-state index in [1.807, 2.05) is 44.2 Å². The zero-order valence-electron chi connectivity index (χ0n) is 19.6. The molecular formula is C26H28N2O7. The van der Waals surface area contributed by atoms with E-state index in [-0.39, 0.29) is 12.2 Å². The van der Waals surface area contributed by atoms with E-state index >= 15 is 0 Å². The van der Waals surface area contributed by atoms with E-state index in [0.717, 1.165) is 5.56 Å². The molecule has 0 aliphatic rings. The summed E-state index contributed by atoms with van der Waals surface area (Å²) in [4.78, 5) is 37.6. The lowest BCUT2D eigenvalue weighted by atomic mass is 10.1. The van der Waals surface area contributed by atoms with E-state index in [1.54, 1.807) is 24.3 Å². The Hall–Kier alpha value is -4.27. The largest absolute Gasteiger partial charge is 0.490 e. The first-order valence-corrected chi connectivity index (χ1v) is 11.2. The molecule has 0 aliphatic carbocycles. The van der Waals surface area contributed by atoms with Gasteiger partial charge in [0.05, 0.1) is 19.5 Å². The fourth-order valence-electron chi connectivity index (χ4n) is 3.24. The average Bonchev–Trinajstić information content (AvgIpc) is 3.40. The van der Waals surface area contributed by atoms with Crippen molar-refractivity contribution in [2.75, 3.05) is 25.1 Å². The number of ether oxygens (including phenoxy) is 3. The van der Waals surface area contributed by atoms with Gasteiger partial charge in [-0.3, -0.25) is 9.59 Å². The minimum Gasteiger partial charge on any atom is -0.490 e. The van der Waals surface area contributed by atoms with E-state index in [9.17, 15) is 14.4 Å². The van der Waals surface area contributed by atoms with Gasteiger partial charge in [0, 0.05) is 18.2 Å². The van der Waals surface area contributed by atoms with Crippen LogP contribution in [0.15, 0.2) is 71.3 Å². The first kappa shape index (κ1) is 25.4. The molecule has 0 unspecified atom stereocenters. The third-order valence-corrected chi connectivity index (χ3v) is 4.79. The number of carbonyl (C=O) groups is 3. The van der Waals surface area contributed by atoms with Gasteiger partial charge >= 0.3 is 5.97 Å². The van der Waals surface area contributed by atoms with Crippen molar-refractivity contribution in [3.05, 3.63) is 78.3 Å². The van der Waals surface area contributed by atoms with Crippen molar-refractivity contribution in [3.63, 3.8) is 0 Å². The standard InChI is InChI=1S/C26H28N2O7/c1-3-32-21-13-12-19(16-23(21)33-4-2)27-24(29)17-35-26(31)20(15-18-9-6-5-7-10-18)28-25(30)22-11-8-14-34-22/h5-14,16,20H,3-4,15,17H2,1-2H3,(H,27,29)(H,28,30)/t20-/m0/s1. The quantitative estimate of drug-likeness (QED) is 0.381. The summed E-state index contributed by atoms with van der Waals surface area (Å²) in [6, 6.07) is 16.2. The van der Waals surface area contributed by atoms with Crippen LogP contribution in [-0.4, -0.2) is 43.6 Å². The monoisotopic (exact) mass is 480 g/mol. The van der Waals surface area contributed by atoms with Gasteiger partial charge in [-0.25, -0.2) is 4.79 Å². The van der Waals surface area contributed by atoms with E-state index < -0.39 is 30.4 Å². The molecule has 0 bridgehead atoms. The molecule has 0 fully saturated rings. The summed E-state index contributed by atoms with van der Waals surface area (Å²) in [6.07, 6.45) is 1.55. The van der Waals surface area contributed by atoms with E-state index in [4.69, 9.17) is 18.6 Å². The van der Waals surface area contributed by atoms with Gasteiger partial charge in [0.25, 0.3) is 11.8 Å². The fraction of sp³-hybridized carbons (Fsp3) is 0.269. The molecule has 0 aliphatic heterocycles. The topological polar surface area (TPSA) is 116 Å². The average molecular weight is 481 g/mol. The summed E-state index contributed by atoms with van der Waals surface area (Å²) in [7, 11) is 0. The van der Waals surface area contributed by atoms with Crippen molar-refractivity contribution in [1.29, 1.82) is 0 Å². The highest BCUT2D eigenvalue weighted by molar-refractivity contribution is 5.96. The molecule has 0 saturated heterocycles. The Balaban J connectivity index is 1.62. The van der Waals surface area contributed by atoms with Gasteiger partial charge in [-0.15, -0.1) is 0 Å². The summed E-state index contributed by atoms with van der Waals surface area (Å²) < 4.78 is 21.4. The second kappa shape index (κ2) is 12.8. The SMILES string of the molecule is CCOc1ccc(NC(=O)COC(=O)[C@H](Cc2ccccc2)NC(=O)c2ccco2)cc1OCC. The summed E-state index contributed by atoms with van der Waals surface area (Å²) >= 11 is 0. The molecule has 3 aromatic rings. The van der Waals surface area contributed by atoms with Crippen LogP contribution in [0.3, 0.4) is 0 Å². The van der Waals surface area contributed by atoms with Crippen molar-refractivity contribution >= 4 is 23.5 Å². The van der Waals surface area contributed by atoms with Crippen molar-refractivity contribution in [2.45, 2.75) is 26.3 Å². The molecule has 1 heterocycles. The number of hydrogen-bond donors (Lipinski definition) is 2. The molecule has 0 saturated carbocycles. The third-order valence-electron chi connectivity index (χ3n) is 4.79. The van der Waals surface area contributed by atoms with Crippen LogP contribution in [0.25, 0.3) is 0 Å². The Bertz CT molecular complexity index is 1110. The smallest absolute Gasteiger partial charge is 0.329 e. The van der Waals surface area contributed by atoms with E-state index in [2.05, 4.69) is 10.6 Å². The molecule has 0 radical (unpaired) electrons. The number of amides is 2. The Kier molecular flexibility index (Phi) is 9.30. The molecule has 9 heteroatoms. The van der Waals surface area contributed by atoms with E-state index in [0.29, 0.717) is 30.4 Å². The number of furan rings is 1. The lowest BCUT2D eigenvalue weighted by molar-refractivity contribution is -0.149. The van der Waals surface area contributed by atoms with Crippen LogP contribution in [0.1, 0.15) is 30.0 Å². The highest BCUT2D eigenvalue weighted by atomic mass is 16.5. The molecule has 2 aromatic carbocycles. The fourth-order valence-corrected chi connectivity index (χ4v) is 3.24. The van der Waals surface area contributed by atoms with E-state index in [1.165, 1.54) is 12.3 Å². The molecule has 1 aromatic heterocycles. The first-order valence-electron chi connectivity index (χ1n) is 11.2. The number of nitrogens with one attached hydrogen (secondary N) is 2. The van der Waals surface area contributed by atoms with Crippen molar-refractivity contribution in [1.82, 2.24) is 5.32 Å². The van der Waals surface area contributed by atoms with Gasteiger partial charge < -0.3 is 29.3 Å². The Morgan fingerprint density at radius 1 is 0.914 bits per heavy atom. The van der Waals surface area contributed by atoms with Crippen LogP contribution in [-0.2, 0) is 20.7 Å². The summed E-state index contributed by atoms with van der Waals surface area (Å²) in [5, 5.41) is 5.27. The lowest BCUT2D eigenvalue weighted by Crippen LogP contribution is -2.44. The zero-order chi connectivity index (χ0) is 25.0. The van der Waals surface area contributed by atoms with Crippen LogP contribution in [0.5, 0.6) is 11.5 Å². The number of esters is 1. The molecule has 35 heavy (non-hydrogen) atoms. The van der Waals surface area contributed by atoms with Crippen LogP contribution < -0.4 is 20.1 Å². The van der Waals surface area contributed by atoms with Gasteiger partial charge in [0.2, 0.25) is 0 Å². The van der Waals surface area contributed by atoms with Crippen molar-refractivity contribution in [2.24, 2.45) is 0 Å². The minimum absolute atomic E-state index is 0.0641. The minimum atomic E-state index is -1.02. The normalized spacial score (nSPS) is 11.3. The third kappa shape index (κ3) is 7.63. The Morgan fingerprint density at radius 2 is 1.66 bits per heavy atom. The highest BCUT2D eigenvalue weighted by Gasteiger charge is 2.25. The van der Waals surface area contributed by atoms with Crippen LogP contribution >= 0.6 is 0 Å². The zero-order valence-corrected chi connectivity index (χ0v) is 19.6. The molecule has 2 N–H and O–H groups in total. The van der Waals surface area contributed by atoms with Crippen LogP contribution in [0.2, 0.25) is 0 Å². The predicted octanol–water partition coefficient (Wildman–Crippen LogP) is 3.60. The summed E-state index contributed by atoms with van der Waals surface area (Å²) in [5.41, 5.74) is 1.28. The maximum Gasteiger partial charge on any atom is 0.329 e.